The molecule has 1 atom stereocenters. The van der Waals surface area contributed by atoms with E-state index in [1.807, 2.05) is 11.4 Å². The van der Waals surface area contributed by atoms with E-state index in [-0.39, 0.29) is 11.9 Å². The highest BCUT2D eigenvalue weighted by atomic mass is 35.5. The summed E-state index contributed by atoms with van der Waals surface area (Å²) in [6.45, 7) is 0. The van der Waals surface area contributed by atoms with Crippen molar-refractivity contribution in [2.45, 2.75) is 6.04 Å². The molecule has 96 valence electrons. The molecule has 1 N–H and O–H groups in total. The van der Waals surface area contributed by atoms with E-state index in [1.165, 1.54) is 17.4 Å². The first-order chi connectivity index (χ1) is 8.67. The van der Waals surface area contributed by atoms with Crippen LogP contribution in [0.15, 0.2) is 29.6 Å². The van der Waals surface area contributed by atoms with Crippen LogP contribution in [-0.2, 0) is 0 Å². The van der Waals surface area contributed by atoms with Crippen LogP contribution in [0.5, 0.6) is 5.75 Å². The Morgan fingerprint density at radius 2 is 2.17 bits per heavy atom. The van der Waals surface area contributed by atoms with Gasteiger partial charge in [-0.15, -0.1) is 11.3 Å². The number of thiophene rings is 1. The Morgan fingerprint density at radius 3 is 2.78 bits per heavy atom. The number of benzene rings is 1. The van der Waals surface area contributed by atoms with E-state index in [2.05, 4.69) is 5.32 Å². The van der Waals surface area contributed by atoms with Crippen molar-refractivity contribution in [1.29, 1.82) is 0 Å². The summed E-state index contributed by atoms with van der Waals surface area (Å²) in [5.41, 5.74) is 0.558. The smallest absolute Gasteiger partial charge is 0.134 e. The van der Waals surface area contributed by atoms with Gasteiger partial charge in [-0.3, -0.25) is 0 Å². The van der Waals surface area contributed by atoms with E-state index in [4.69, 9.17) is 16.3 Å². The Labute approximate surface area is 114 Å². The number of hydrogen-bond acceptors (Lipinski definition) is 3. The minimum Gasteiger partial charge on any atom is -0.496 e. The fourth-order valence-electron chi connectivity index (χ4n) is 1.85. The van der Waals surface area contributed by atoms with Gasteiger partial charge in [0.15, 0.2) is 0 Å². The Balaban J connectivity index is 2.45. The maximum atomic E-state index is 14.0. The minimum atomic E-state index is -0.322. The highest BCUT2D eigenvalue weighted by molar-refractivity contribution is 7.10. The van der Waals surface area contributed by atoms with Crippen LogP contribution in [0.1, 0.15) is 16.5 Å². The molecule has 1 heterocycles. The first-order valence-electron chi connectivity index (χ1n) is 5.41. The number of ether oxygens (including phenoxy) is 1. The van der Waals surface area contributed by atoms with Crippen LogP contribution >= 0.6 is 22.9 Å². The van der Waals surface area contributed by atoms with Crippen LogP contribution in [0, 0.1) is 5.82 Å². The van der Waals surface area contributed by atoms with Crippen molar-refractivity contribution in [2.24, 2.45) is 0 Å². The largest absolute Gasteiger partial charge is 0.496 e. The molecule has 0 fully saturated rings. The Morgan fingerprint density at radius 1 is 1.39 bits per heavy atom. The first-order valence-corrected chi connectivity index (χ1v) is 6.66. The highest BCUT2D eigenvalue weighted by Crippen LogP contribution is 2.35. The minimum absolute atomic E-state index is 0.239. The van der Waals surface area contributed by atoms with Crippen molar-refractivity contribution in [3.8, 4) is 5.75 Å². The lowest BCUT2D eigenvalue weighted by molar-refractivity contribution is 0.408. The lowest BCUT2D eigenvalue weighted by atomic mass is 10.0. The molecule has 2 nitrogen and oxygen atoms in total. The first kappa shape index (κ1) is 13.3. The monoisotopic (exact) mass is 285 g/mol. The van der Waals surface area contributed by atoms with Crippen molar-refractivity contribution in [3.63, 3.8) is 0 Å². The molecule has 1 unspecified atom stereocenters. The Kier molecular flexibility index (Phi) is 4.22. The molecular formula is C13H13ClFNOS. The molecule has 2 rings (SSSR count). The third-order valence-corrected chi connectivity index (χ3v) is 3.90. The average molecular weight is 286 g/mol. The Bertz CT molecular complexity index is 544. The topological polar surface area (TPSA) is 21.3 Å². The second-order valence-corrected chi connectivity index (χ2v) is 5.12. The second-order valence-electron chi connectivity index (χ2n) is 3.74. The summed E-state index contributed by atoms with van der Waals surface area (Å²) < 4.78 is 19.2. The van der Waals surface area contributed by atoms with E-state index in [1.54, 1.807) is 26.3 Å². The van der Waals surface area contributed by atoms with Crippen molar-refractivity contribution in [1.82, 2.24) is 5.32 Å². The predicted molar refractivity (Wildman–Crippen MR) is 73.2 cm³/mol. The molecule has 1 aromatic heterocycles. The summed E-state index contributed by atoms with van der Waals surface area (Å²) >= 11 is 7.29. The predicted octanol–water partition coefficient (Wildman–Crippen LogP) is 3.86. The van der Waals surface area contributed by atoms with E-state index in [0.29, 0.717) is 10.6 Å². The summed E-state index contributed by atoms with van der Waals surface area (Å²) in [6.07, 6.45) is 0. The van der Waals surface area contributed by atoms with Crippen molar-refractivity contribution in [2.75, 3.05) is 14.2 Å². The molecule has 18 heavy (non-hydrogen) atoms. The van der Waals surface area contributed by atoms with Crippen LogP contribution in [0.2, 0.25) is 5.02 Å². The van der Waals surface area contributed by atoms with Gasteiger partial charge in [0.25, 0.3) is 0 Å². The van der Waals surface area contributed by atoms with E-state index < -0.39 is 0 Å². The van der Waals surface area contributed by atoms with Crippen LogP contribution in [-0.4, -0.2) is 14.2 Å². The summed E-state index contributed by atoms with van der Waals surface area (Å²) in [4.78, 5) is 0.946. The SMILES string of the molecule is CNC(c1ccc(Cl)cc1F)c1sccc1OC. The second kappa shape index (κ2) is 5.69. The van der Waals surface area contributed by atoms with Gasteiger partial charge in [-0.05, 0) is 30.6 Å². The van der Waals surface area contributed by atoms with Gasteiger partial charge in [-0.1, -0.05) is 17.7 Å². The van der Waals surface area contributed by atoms with Gasteiger partial charge in [0, 0.05) is 10.6 Å². The third-order valence-electron chi connectivity index (χ3n) is 2.70. The van der Waals surface area contributed by atoms with Gasteiger partial charge in [-0.25, -0.2) is 4.39 Å². The quantitative estimate of drug-likeness (QED) is 0.921. The van der Waals surface area contributed by atoms with Gasteiger partial charge in [-0.2, -0.15) is 0 Å². The normalized spacial score (nSPS) is 12.4. The standard InChI is InChI=1S/C13H13ClFNOS/c1-16-12(13-11(17-2)5-6-18-13)9-4-3-8(14)7-10(9)15/h3-7,12,16H,1-2H3. The molecular weight excluding hydrogens is 273 g/mol. The van der Waals surface area contributed by atoms with Gasteiger partial charge in [0.1, 0.15) is 11.6 Å². The molecule has 2 aromatic rings. The Hall–Kier alpha value is -1.10. The number of halogens is 2. The van der Waals surface area contributed by atoms with E-state index in [0.717, 1.165) is 10.6 Å². The van der Waals surface area contributed by atoms with Gasteiger partial charge < -0.3 is 10.1 Å². The molecule has 0 spiro atoms. The molecule has 0 aliphatic carbocycles. The van der Waals surface area contributed by atoms with Gasteiger partial charge in [0.05, 0.1) is 18.0 Å². The molecule has 0 aliphatic heterocycles. The number of methoxy groups -OCH3 is 1. The van der Waals surface area contributed by atoms with Gasteiger partial charge >= 0.3 is 0 Å². The molecule has 0 saturated carbocycles. The number of nitrogens with one attached hydrogen (secondary N) is 1. The molecule has 0 saturated heterocycles. The van der Waals surface area contributed by atoms with Crippen LogP contribution < -0.4 is 10.1 Å². The number of rotatable bonds is 4. The maximum absolute atomic E-state index is 14.0. The van der Waals surface area contributed by atoms with Crippen LogP contribution in [0.25, 0.3) is 0 Å². The fourth-order valence-corrected chi connectivity index (χ4v) is 3.00. The van der Waals surface area contributed by atoms with Crippen molar-refractivity contribution < 1.29 is 9.13 Å². The van der Waals surface area contributed by atoms with E-state index in [9.17, 15) is 4.39 Å². The fraction of sp³-hybridized carbons (Fsp3) is 0.231. The lowest BCUT2D eigenvalue weighted by Crippen LogP contribution is -2.18. The van der Waals surface area contributed by atoms with Gasteiger partial charge in [0.2, 0.25) is 0 Å². The molecule has 5 heteroatoms. The zero-order valence-electron chi connectivity index (χ0n) is 10.0. The van der Waals surface area contributed by atoms with Crippen LogP contribution in [0.4, 0.5) is 4.39 Å². The van der Waals surface area contributed by atoms with Crippen LogP contribution in [0.3, 0.4) is 0 Å². The van der Waals surface area contributed by atoms with Crippen molar-refractivity contribution in [3.05, 3.63) is 50.9 Å². The average Bonchev–Trinajstić information content (AvgIpc) is 2.81. The lowest BCUT2D eigenvalue weighted by Gasteiger charge is -2.17. The number of hydrogen-bond donors (Lipinski definition) is 1. The summed E-state index contributed by atoms with van der Waals surface area (Å²) in [6, 6.07) is 6.33. The zero-order chi connectivity index (χ0) is 13.1. The summed E-state index contributed by atoms with van der Waals surface area (Å²) in [5.74, 6) is 0.436. The van der Waals surface area contributed by atoms with E-state index >= 15 is 0 Å². The summed E-state index contributed by atoms with van der Waals surface area (Å²) in [7, 11) is 3.40. The molecule has 0 bridgehead atoms. The maximum Gasteiger partial charge on any atom is 0.134 e. The third kappa shape index (κ3) is 2.51. The molecule has 0 amide bonds. The highest BCUT2D eigenvalue weighted by Gasteiger charge is 2.21. The molecule has 1 aromatic carbocycles. The molecule has 0 radical (unpaired) electrons. The van der Waals surface area contributed by atoms with Crippen molar-refractivity contribution >= 4 is 22.9 Å². The molecule has 0 aliphatic rings. The zero-order valence-corrected chi connectivity index (χ0v) is 11.6. The summed E-state index contributed by atoms with van der Waals surface area (Å²) in [5, 5.41) is 5.42.